The molecule has 0 radical (unpaired) electrons. The van der Waals surface area contributed by atoms with Crippen LogP contribution in [0, 0.1) is 18.3 Å². The molecule has 2 aromatic heterocycles. The van der Waals surface area contributed by atoms with Crippen LogP contribution >= 0.6 is 0 Å². The molecule has 4 rings (SSSR count). The summed E-state index contributed by atoms with van der Waals surface area (Å²) in [5.41, 5.74) is -0.523. The van der Waals surface area contributed by atoms with Crippen LogP contribution in [0.25, 0.3) is 0 Å². The Kier molecular flexibility index (Phi) is 8.35. The number of nitrogens with zero attached hydrogens (tertiary/aromatic N) is 3. The van der Waals surface area contributed by atoms with Gasteiger partial charge in [0.2, 0.25) is 11.8 Å². The summed E-state index contributed by atoms with van der Waals surface area (Å²) in [4.78, 5) is 43.7. The highest BCUT2D eigenvalue weighted by molar-refractivity contribution is 5.94. The molecule has 206 valence electrons. The van der Waals surface area contributed by atoms with E-state index in [0.717, 1.165) is 4.73 Å². The second-order valence-electron chi connectivity index (χ2n) is 8.85. The normalized spacial score (nSPS) is 18.5. The molecule has 1 aliphatic heterocycles. The number of nitrogens with one attached hydrogen (secondary N) is 2. The Morgan fingerprint density at radius 1 is 1.26 bits per heavy atom. The number of H-pyrrole nitrogens is 1. The summed E-state index contributed by atoms with van der Waals surface area (Å²) in [6, 6.07) is 8.47. The van der Waals surface area contributed by atoms with Crippen LogP contribution in [0.5, 0.6) is 17.5 Å². The maximum Gasteiger partial charge on any atom is 0.330 e. The standard InChI is InChI=1S/C25H27N5O9/c1-14-12-29(25(36)28-23(14)34)22-10-17(31)19(38-22)13-37-8-2-7-27-24(35)15-3-4-18(16(9-15)11-26)39-30-20(32)5-6-21(30)33/h3-6,9,12,17,19,22,31-33H,2,7-8,10,13H2,1H3,(H,27,35)(H,28,34,36)/t17-,19+,22+/m0/s1. The van der Waals surface area contributed by atoms with E-state index in [-0.39, 0.29) is 54.8 Å². The third-order valence-corrected chi connectivity index (χ3v) is 6.04. The number of rotatable bonds is 10. The van der Waals surface area contributed by atoms with Crippen molar-refractivity contribution in [3.63, 3.8) is 0 Å². The van der Waals surface area contributed by atoms with Gasteiger partial charge in [-0.25, -0.2) is 4.79 Å². The molecule has 39 heavy (non-hydrogen) atoms. The lowest BCUT2D eigenvalue weighted by Crippen LogP contribution is -2.33. The Bertz CT molecular complexity index is 1480. The third-order valence-electron chi connectivity index (χ3n) is 6.04. The second kappa shape index (κ2) is 11.9. The molecule has 0 unspecified atom stereocenters. The van der Waals surface area contributed by atoms with Crippen molar-refractivity contribution in [1.82, 2.24) is 19.6 Å². The molecule has 0 saturated carbocycles. The first kappa shape index (κ1) is 27.5. The number of aliphatic hydroxyl groups excluding tert-OH is 1. The van der Waals surface area contributed by atoms with Crippen LogP contribution in [0.4, 0.5) is 0 Å². The Hall–Kier alpha value is -4.58. The lowest BCUT2D eigenvalue weighted by molar-refractivity contribution is -0.0636. The van der Waals surface area contributed by atoms with Gasteiger partial charge in [0.05, 0.1) is 18.3 Å². The Labute approximate surface area is 221 Å². The molecule has 1 aromatic carbocycles. The van der Waals surface area contributed by atoms with Gasteiger partial charge in [-0.2, -0.15) is 5.26 Å². The first-order valence-corrected chi connectivity index (χ1v) is 12.0. The quantitative estimate of drug-likeness (QED) is 0.222. The molecule has 0 bridgehead atoms. The SMILES string of the molecule is Cc1cn([C@H]2C[C@H](O)[C@@H](COCCCNC(=O)c3ccc(On4c(O)ccc4O)c(C#N)c3)O2)c(=O)[nH]c1=O. The van der Waals surface area contributed by atoms with Gasteiger partial charge >= 0.3 is 5.69 Å². The van der Waals surface area contributed by atoms with E-state index in [9.17, 15) is 35.0 Å². The number of carbonyl (C=O) groups is 1. The first-order valence-electron chi connectivity index (χ1n) is 12.0. The van der Waals surface area contributed by atoms with Crippen LogP contribution in [0.15, 0.2) is 46.1 Å². The summed E-state index contributed by atoms with van der Waals surface area (Å²) >= 11 is 0. The van der Waals surface area contributed by atoms with E-state index < -0.39 is 35.6 Å². The average molecular weight is 542 g/mol. The number of hydrogen-bond acceptors (Lipinski definition) is 10. The monoisotopic (exact) mass is 541 g/mol. The molecule has 3 atom stereocenters. The minimum Gasteiger partial charge on any atom is -0.492 e. The second-order valence-corrected chi connectivity index (χ2v) is 8.85. The number of ether oxygens (including phenoxy) is 2. The van der Waals surface area contributed by atoms with Crippen LogP contribution in [-0.2, 0) is 9.47 Å². The summed E-state index contributed by atoms with van der Waals surface area (Å²) < 4.78 is 13.3. The van der Waals surface area contributed by atoms with Crippen LogP contribution < -0.4 is 21.4 Å². The molecule has 1 amide bonds. The van der Waals surface area contributed by atoms with Gasteiger partial charge < -0.3 is 34.9 Å². The molecule has 14 nitrogen and oxygen atoms in total. The van der Waals surface area contributed by atoms with Gasteiger partial charge in [0, 0.05) is 49.0 Å². The van der Waals surface area contributed by atoms with E-state index in [4.69, 9.17) is 14.3 Å². The van der Waals surface area contributed by atoms with Crippen molar-refractivity contribution in [1.29, 1.82) is 5.26 Å². The average Bonchev–Trinajstić information content (AvgIpc) is 3.44. The van der Waals surface area contributed by atoms with Gasteiger partial charge in [-0.15, -0.1) is 4.73 Å². The first-order chi connectivity index (χ1) is 18.7. The molecular weight excluding hydrogens is 514 g/mol. The van der Waals surface area contributed by atoms with E-state index in [0.29, 0.717) is 12.0 Å². The Morgan fingerprint density at radius 3 is 2.72 bits per heavy atom. The number of aromatic amines is 1. The fourth-order valence-corrected chi connectivity index (χ4v) is 3.95. The molecule has 0 aliphatic carbocycles. The van der Waals surface area contributed by atoms with E-state index >= 15 is 0 Å². The fourth-order valence-electron chi connectivity index (χ4n) is 3.95. The molecule has 3 aromatic rings. The van der Waals surface area contributed by atoms with Gasteiger partial charge in [-0.1, -0.05) is 0 Å². The Morgan fingerprint density at radius 2 is 2.00 bits per heavy atom. The molecule has 1 saturated heterocycles. The zero-order valence-corrected chi connectivity index (χ0v) is 20.9. The van der Waals surface area contributed by atoms with Gasteiger partial charge in [0.25, 0.3) is 11.5 Å². The minimum absolute atomic E-state index is 0.0196. The van der Waals surface area contributed by atoms with Gasteiger partial charge in [0.1, 0.15) is 18.4 Å². The maximum absolute atomic E-state index is 12.5. The predicted octanol–water partition coefficient (Wildman–Crippen LogP) is 0.257. The number of aromatic nitrogens is 3. The number of amides is 1. The maximum atomic E-state index is 12.5. The van der Waals surface area contributed by atoms with Crippen molar-refractivity contribution in [3.05, 3.63) is 74.1 Å². The van der Waals surface area contributed by atoms with Crippen molar-refractivity contribution < 1.29 is 34.4 Å². The summed E-state index contributed by atoms with van der Waals surface area (Å²) in [6.45, 7) is 2.17. The lowest BCUT2D eigenvalue weighted by atomic mass is 10.1. The van der Waals surface area contributed by atoms with Gasteiger partial charge in [0.15, 0.2) is 5.75 Å². The topological polar surface area (TPSA) is 201 Å². The van der Waals surface area contributed by atoms with Crippen molar-refractivity contribution in [3.8, 4) is 23.6 Å². The smallest absolute Gasteiger partial charge is 0.330 e. The molecule has 0 spiro atoms. The van der Waals surface area contributed by atoms with E-state index in [1.807, 2.05) is 6.07 Å². The summed E-state index contributed by atoms with van der Waals surface area (Å²) in [7, 11) is 0. The number of aliphatic hydroxyl groups is 1. The molecule has 3 heterocycles. The van der Waals surface area contributed by atoms with E-state index in [1.165, 1.54) is 41.1 Å². The number of benzene rings is 1. The summed E-state index contributed by atoms with van der Waals surface area (Å²) in [5, 5.41) is 41.8. The highest BCUT2D eigenvalue weighted by Crippen LogP contribution is 2.28. The van der Waals surface area contributed by atoms with Crippen LogP contribution in [0.2, 0.25) is 0 Å². The van der Waals surface area contributed by atoms with Crippen LogP contribution in [0.1, 0.15) is 40.6 Å². The number of carbonyl (C=O) groups excluding carboxylic acids is 1. The summed E-state index contributed by atoms with van der Waals surface area (Å²) in [6.07, 6.45) is -0.245. The van der Waals surface area contributed by atoms with E-state index in [1.54, 1.807) is 6.92 Å². The van der Waals surface area contributed by atoms with Gasteiger partial charge in [-0.05, 0) is 31.5 Å². The third kappa shape index (κ3) is 6.29. The number of aryl methyl sites for hydroxylation is 1. The highest BCUT2D eigenvalue weighted by Gasteiger charge is 2.35. The fraction of sp³-hybridized carbons (Fsp3) is 0.360. The van der Waals surface area contributed by atoms with Crippen molar-refractivity contribution in [2.45, 2.75) is 38.2 Å². The minimum atomic E-state index is -0.861. The number of nitriles is 1. The zero-order valence-electron chi connectivity index (χ0n) is 20.9. The van der Waals surface area contributed by atoms with Crippen molar-refractivity contribution >= 4 is 5.91 Å². The molecular formula is C25H27N5O9. The van der Waals surface area contributed by atoms with Crippen molar-refractivity contribution in [2.75, 3.05) is 19.8 Å². The number of hydrogen-bond donors (Lipinski definition) is 5. The predicted molar refractivity (Wildman–Crippen MR) is 133 cm³/mol. The Balaban J connectivity index is 1.21. The highest BCUT2D eigenvalue weighted by atomic mass is 16.7. The van der Waals surface area contributed by atoms with Gasteiger partial charge in [-0.3, -0.25) is 19.1 Å². The largest absolute Gasteiger partial charge is 0.492 e. The summed E-state index contributed by atoms with van der Waals surface area (Å²) in [5.74, 6) is -1.13. The molecule has 5 N–H and O–H groups in total. The van der Waals surface area contributed by atoms with Crippen LogP contribution in [-0.4, -0.2) is 67.5 Å². The number of aromatic hydroxyl groups is 2. The molecule has 1 aliphatic rings. The molecule has 14 heteroatoms. The van der Waals surface area contributed by atoms with Crippen molar-refractivity contribution in [2.24, 2.45) is 0 Å². The zero-order chi connectivity index (χ0) is 28.1. The van der Waals surface area contributed by atoms with Crippen LogP contribution in [0.3, 0.4) is 0 Å². The lowest BCUT2D eigenvalue weighted by Gasteiger charge is -2.16. The van der Waals surface area contributed by atoms with E-state index in [2.05, 4.69) is 10.3 Å². The molecule has 1 fully saturated rings.